The van der Waals surface area contributed by atoms with Gasteiger partial charge in [0.15, 0.2) is 0 Å². The summed E-state index contributed by atoms with van der Waals surface area (Å²) in [6.07, 6.45) is 4.34. The molecule has 2 amide bonds. The zero-order valence-electron chi connectivity index (χ0n) is 14.4. The van der Waals surface area contributed by atoms with Gasteiger partial charge in [-0.3, -0.25) is 9.59 Å². The number of fused-ring (bicyclic) bond motifs is 1. The van der Waals surface area contributed by atoms with Gasteiger partial charge in [-0.2, -0.15) is 0 Å². The van der Waals surface area contributed by atoms with Gasteiger partial charge in [-0.15, -0.1) is 0 Å². The first kappa shape index (κ1) is 16.4. The van der Waals surface area contributed by atoms with Crippen LogP contribution in [0.2, 0.25) is 0 Å². The van der Waals surface area contributed by atoms with E-state index in [9.17, 15) is 9.59 Å². The predicted octanol–water partition coefficient (Wildman–Crippen LogP) is 2.79. The summed E-state index contributed by atoms with van der Waals surface area (Å²) in [6.45, 7) is 0. The van der Waals surface area contributed by atoms with Gasteiger partial charge < -0.3 is 15.6 Å². The van der Waals surface area contributed by atoms with Crippen molar-refractivity contribution >= 4 is 22.7 Å². The molecule has 0 aliphatic heterocycles. The van der Waals surface area contributed by atoms with E-state index in [-0.39, 0.29) is 17.9 Å². The van der Waals surface area contributed by atoms with Crippen molar-refractivity contribution in [2.24, 2.45) is 0 Å². The van der Waals surface area contributed by atoms with Gasteiger partial charge in [0.05, 0.1) is 0 Å². The van der Waals surface area contributed by atoms with Crippen molar-refractivity contribution in [3.8, 4) is 0 Å². The SMILES string of the molecule is O=C(N[C@H](Cc1ccccc1)C(=O)NC1CC1)c1ccc2cc[nH]c2c1. The lowest BCUT2D eigenvalue weighted by atomic mass is 10.0. The van der Waals surface area contributed by atoms with E-state index in [0.717, 1.165) is 29.3 Å². The van der Waals surface area contributed by atoms with E-state index in [1.165, 1.54) is 0 Å². The van der Waals surface area contributed by atoms with E-state index >= 15 is 0 Å². The number of H-pyrrole nitrogens is 1. The van der Waals surface area contributed by atoms with E-state index in [1.807, 2.05) is 54.7 Å². The van der Waals surface area contributed by atoms with Gasteiger partial charge >= 0.3 is 0 Å². The minimum absolute atomic E-state index is 0.120. The van der Waals surface area contributed by atoms with Crippen LogP contribution >= 0.6 is 0 Å². The highest BCUT2D eigenvalue weighted by Crippen LogP contribution is 2.19. The highest BCUT2D eigenvalue weighted by molar-refractivity contribution is 6.00. The fraction of sp³-hybridized carbons (Fsp3) is 0.238. The molecular formula is C21H21N3O2. The smallest absolute Gasteiger partial charge is 0.252 e. The van der Waals surface area contributed by atoms with Crippen LogP contribution in [0.4, 0.5) is 0 Å². The van der Waals surface area contributed by atoms with Crippen LogP contribution < -0.4 is 10.6 Å². The second-order valence-electron chi connectivity index (χ2n) is 6.78. The second-order valence-corrected chi connectivity index (χ2v) is 6.78. The summed E-state index contributed by atoms with van der Waals surface area (Å²) >= 11 is 0. The molecule has 0 bridgehead atoms. The Balaban J connectivity index is 1.52. The molecule has 1 fully saturated rings. The van der Waals surface area contributed by atoms with Crippen LogP contribution in [-0.2, 0) is 11.2 Å². The quantitative estimate of drug-likeness (QED) is 0.641. The molecule has 1 saturated carbocycles. The third-order valence-electron chi connectivity index (χ3n) is 4.65. The van der Waals surface area contributed by atoms with Crippen LogP contribution in [0.3, 0.4) is 0 Å². The summed E-state index contributed by atoms with van der Waals surface area (Å²) in [7, 11) is 0. The van der Waals surface area contributed by atoms with Gasteiger partial charge in [0.2, 0.25) is 5.91 Å². The molecule has 1 aromatic heterocycles. The largest absolute Gasteiger partial charge is 0.361 e. The molecular weight excluding hydrogens is 326 g/mol. The molecule has 0 spiro atoms. The summed E-state index contributed by atoms with van der Waals surface area (Å²) in [4.78, 5) is 28.4. The molecule has 0 unspecified atom stereocenters. The van der Waals surface area contributed by atoms with E-state index in [2.05, 4.69) is 15.6 Å². The number of amides is 2. The van der Waals surface area contributed by atoms with Crippen LogP contribution in [-0.4, -0.2) is 28.9 Å². The average molecular weight is 347 g/mol. The Morgan fingerprint density at radius 2 is 1.88 bits per heavy atom. The van der Waals surface area contributed by atoms with E-state index in [4.69, 9.17) is 0 Å². The van der Waals surface area contributed by atoms with Gasteiger partial charge in [-0.05, 0) is 42.0 Å². The Labute approximate surface area is 151 Å². The standard InChI is InChI=1S/C21H21N3O2/c25-20(16-7-6-15-10-11-22-18(15)13-16)24-19(21(26)23-17-8-9-17)12-14-4-2-1-3-5-14/h1-7,10-11,13,17,19,22H,8-9,12H2,(H,23,26)(H,24,25)/t19-/m1/s1. The first-order chi connectivity index (χ1) is 12.7. The summed E-state index contributed by atoms with van der Waals surface area (Å²) < 4.78 is 0. The number of hydrogen-bond donors (Lipinski definition) is 3. The molecule has 1 heterocycles. The summed E-state index contributed by atoms with van der Waals surface area (Å²) in [5.41, 5.74) is 2.46. The number of benzene rings is 2. The van der Waals surface area contributed by atoms with Crippen LogP contribution in [0, 0.1) is 0 Å². The molecule has 0 saturated heterocycles. The Morgan fingerprint density at radius 1 is 1.08 bits per heavy atom. The maximum atomic E-state index is 12.7. The lowest BCUT2D eigenvalue weighted by Crippen LogP contribution is -2.48. The molecule has 1 aliphatic rings. The minimum Gasteiger partial charge on any atom is -0.361 e. The molecule has 4 rings (SSSR count). The topological polar surface area (TPSA) is 74.0 Å². The molecule has 1 aliphatic carbocycles. The monoisotopic (exact) mass is 347 g/mol. The third-order valence-corrected chi connectivity index (χ3v) is 4.65. The fourth-order valence-electron chi connectivity index (χ4n) is 3.02. The number of hydrogen-bond acceptors (Lipinski definition) is 2. The van der Waals surface area contributed by atoms with Crippen molar-refractivity contribution < 1.29 is 9.59 Å². The van der Waals surface area contributed by atoms with Crippen molar-refractivity contribution in [2.45, 2.75) is 31.3 Å². The van der Waals surface area contributed by atoms with Gasteiger partial charge in [-0.25, -0.2) is 0 Å². The summed E-state index contributed by atoms with van der Waals surface area (Å²) in [5, 5.41) is 6.95. The highest BCUT2D eigenvalue weighted by Gasteiger charge is 2.28. The third kappa shape index (κ3) is 3.77. The Kier molecular flexibility index (Phi) is 4.44. The van der Waals surface area contributed by atoms with Crippen molar-refractivity contribution in [1.29, 1.82) is 0 Å². The fourth-order valence-corrected chi connectivity index (χ4v) is 3.02. The second kappa shape index (κ2) is 7.04. The van der Waals surface area contributed by atoms with E-state index < -0.39 is 6.04 Å². The Bertz CT molecular complexity index is 929. The number of aromatic amines is 1. The number of aromatic nitrogens is 1. The molecule has 3 aromatic rings. The van der Waals surface area contributed by atoms with Gasteiger partial charge in [0, 0.05) is 29.7 Å². The Morgan fingerprint density at radius 3 is 2.65 bits per heavy atom. The number of carbonyl (C=O) groups excluding carboxylic acids is 2. The van der Waals surface area contributed by atoms with Crippen LogP contribution in [0.5, 0.6) is 0 Å². The number of rotatable bonds is 6. The van der Waals surface area contributed by atoms with Crippen LogP contribution in [0.25, 0.3) is 10.9 Å². The first-order valence-corrected chi connectivity index (χ1v) is 8.91. The molecule has 5 heteroatoms. The average Bonchev–Trinajstić information content (AvgIpc) is 3.34. The lowest BCUT2D eigenvalue weighted by Gasteiger charge is -2.19. The lowest BCUT2D eigenvalue weighted by molar-refractivity contribution is -0.123. The molecule has 132 valence electrons. The number of nitrogens with one attached hydrogen (secondary N) is 3. The minimum atomic E-state index is -0.593. The molecule has 3 N–H and O–H groups in total. The predicted molar refractivity (Wildman–Crippen MR) is 101 cm³/mol. The maximum Gasteiger partial charge on any atom is 0.252 e. The first-order valence-electron chi connectivity index (χ1n) is 8.91. The normalized spacial score (nSPS) is 14.8. The summed E-state index contributed by atoms with van der Waals surface area (Å²) in [5.74, 6) is -0.362. The molecule has 1 atom stereocenters. The van der Waals surface area contributed by atoms with Crippen molar-refractivity contribution in [3.05, 3.63) is 71.9 Å². The zero-order valence-corrected chi connectivity index (χ0v) is 14.4. The highest BCUT2D eigenvalue weighted by atomic mass is 16.2. The van der Waals surface area contributed by atoms with E-state index in [1.54, 1.807) is 6.07 Å². The van der Waals surface area contributed by atoms with Crippen LogP contribution in [0.1, 0.15) is 28.8 Å². The van der Waals surface area contributed by atoms with Gasteiger partial charge in [0.25, 0.3) is 5.91 Å². The van der Waals surface area contributed by atoms with Crippen molar-refractivity contribution in [3.63, 3.8) is 0 Å². The van der Waals surface area contributed by atoms with Gasteiger partial charge in [0.1, 0.15) is 6.04 Å². The molecule has 26 heavy (non-hydrogen) atoms. The van der Waals surface area contributed by atoms with Crippen molar-refractivity contribution in [1.82, 2.24) is 15.6 Å². The van der Waals surface area contributed by atoms with Gasteiger partial charge in [-0.1, -0.05) is 36.4 Å². The Hall–Kier alpha value is -3.08. The zero-order chi connectivity index (χ0) is 17.9. The van der Waals surface area contributed by atoms with Crippen LogP contribution in [0.15, 0.2) is 60.8 Å². The number of carbonyl (C=O) groups is 2. The molecule has 5 nitrogen and oxygen atoms in total. The van der Waals surface area contributed by atoms with E-state index in [0.29, 0.717) is 12.0 Å². The summed E-state index contributed by atoms with van der Waals surface area (Å²) in [6, 6.07) is 16.9. The maximum absolute atomic E-state index is 12.7. The molecule has 2 aromatic carbocycles. The van der Waals surface area contributed by atoms with Crippen molar-refractivity contribution in [2.75, 3.05) is 0 Å². The molecule has 0 radical (unpaired) electrons.